The van der Waals surface area contributed by atoms with Gasteiger partial charge in [-0.2, -0.15) is 0 Å². The van der Waals surface area contributed by atoms with Gasteiger partial charge in [-0.15, -0.1) is 0 Å². The van der Waals surface area contributed by atoms with Gasteiger partial charge in [0.15, 0.2) is 0 Å². The fourth-order valence-electron chi connectivity index (χ4n) is 6.34. The molecule has 0 spiro atoms. The second-order valence-electron chi connectivity index (χ2n) is 11.3. The van der Waals surface area contributed by atoms with E-state index < -0.39 is 11.5 Å². The van der Waals surface area contributed by atoms with Crippen molar-refractivity contribution in [1.82, 2.24) is 14.8 Å². The Balaban J connectivity index is 1.60. The van der Waals surface area contributed by atoms with Gasteiger partial charge in [0.1, 0.15) is 5.60 Å². The van der Waals surface area contributed by atoms with Crippen LogP contribution in [0.1, 0.15) is 29.0 Å². The molecule has 1 fully saturated rings. The average Bonchev–Trinajstić information content (AvgIpc) is 3.00. The van der Waals surface area contributed by atoms with Crippen LogP contribution in [-0.2, 0) is 5.60 Å². The van der Waals surface area contributed by atoms with Gasteiger partial charge < -0.3 is 19.6 Å². The number of halogens is 2. The zero-order chi connectivity index (χ0) is 29.3. The molecule has 1 N–H and O–H groups in total. The number of likely N-dealkylation sites (N-methyl/N-ethyl adjacent to an activating group) is 1. The van der Waals surface area contributed by atoms with Crippen molar-refractivity contribution in [3.8, 4) is 5.88 Å². The van der Waals surface area contributed by atoms with Crippen molar-refractivity contribution in [3.05, 3.63) is 117 Å². The summed E-state index contributed by atoms with van der Waals surface area (Å²) in [7, 11) is 3.83. The molecule has 4 aromatic carbocycles. The van der Waals surface area contributed by atoms with Gasteiger partial charge in [-0.25, -0.2) is 4.98 Å². The van der Waals surface area contributed by atoms with Gasteiger partial charge in [0.2, 0.25) is 5.88 Å². The highest BCUT2D eigenvalue weighted by Crippen LogP contribution is 2.49. The Morgan fingerprint density at radius 1 is 0.857 bits per heavy atom. The lowest BCUT2D eigenvalue weighted by molar-refractivity contribution is -0.00191. The molecule has 1 aliphatic rings. The highest BCUT2D eigenvalue weighted by molar-refractivity contribution is 9.10. The molecule has 6 rings (SSSR count). The Hall–Kier alpha value is -2.81. The molecule has 0 bridgehead atoms. The van der Waals surface area contributed by atoms with Crippen LogP contribution in [-0.4, -0.2) is 66.8 Å². The highest BCUT2D eigenvalue weighted by Gasteiger charge is 2.43. The maximum Gasteiger partial charge on any atom is 0.217 e. The molecule has 0 radical (unpaired) electrons. The van der Waals surface area contributed by atoms with Gasteiger partial charge in [0.05, 0.1) is 12.6 Å². The molecule has 1 saturated heterocycles. The fraction of sp³-hybridized carbons (Fsp3) is 0.286. The van der Waals surface area contributed by atoms with Crippen LogP contribution in [0.15, 0.2) is 99.9 Å². The van der Waals surface area contributed by atoms with Crippen LogP contribution in [0.25, 0.3) is 21.7 Å². The Morgan fingerprint density at radius 2 is 1.57 bits per heavy atom. The third kappa shape index (κ3) is 5.86. The summed E-state index contributed by atoms with van der Waals surface area (Å²) in [5.41, 5.74) is 2.32. The molecular weight excluding hydrogens is 654 g/mol. The second-order valence-corrected chi connectivity index (χ2v) is 13.1. The molecule has 1 aliphatic heterocycles. The molecule has 7 heteroatoms. The molecule has 5 nitrogen and oxygen atoms in total. The summed E-state index contributed by atoms with van der Waals surface area (Å²) in [6.45, 7) is 4.78. The zero-order valence-corrected chi connectivity index (χ0v) is 27.1. The van der Waals surface area contributed by atoms with Crippen LogP contribution in [0.2, 0.25) is 0 Å². The molecule has 0 amide bonds. The zero-order valence-electron chi connectivity index (χ0n) is 23.9. The first-order chi connectivity index (χ1) is 20.4. The Bertz CT molecular complexity index is 1710. The van der Waals surface area contributed by atoms with E-state index in [2.05, 4.69) is 97.2 Å². The number of pyridine rings is 1. The monoisotopic (exact) mass is 687 g/mol. The quantitative estimate of drug-likeness (QED) is 0.182. The first-order valence-corrected chi connectivity index (χ1v) is 16.0. The van der Waals surface area contributed by atoms with E-state index in [-0.39, 0.29) is 0 Å². The third-order valence-electron chi connectivity index (χ3n) is 8.58. The van der Waals surface area contributed by atoms with Crippen molar-refractivity contribution in [2.24, 2.45) is 0 Å². The van der Waals surface area contributed by atoms with Crippen molar-refractivity contribution in [2.75, 3.05) is 46.9 Å². The smallest absolute Gasteiger partial charge is 0.217 e. The number of hydrogen-bond acceptors (Lipinski definition) is 5. The van der Waals surface area contributed by atoms with E-state index in [0.29, 0.717) is 12.3 Å². The van der Waals surface area contributed by atoms with Crippen molar-refractivity contribution in [3.63, 3.8) is 0 Å². The molecule has 5 aromatic rings. The Kier molecular flexibility index (Phi) is 8.66. The van der Waals surface area contributed by atoms with Crippen LogP contribution < -0.4 is 4.74 Å². The molecule has 42 heavy (non-hydrogen) atoms. The summed E-state index contributed by atoms with van der Waals surface area (Å²) in [6, 6.07) is 31.1. The van der Waals surface area contributed by atoms with E-state index in [9.17, 15) is 5.11 Å². The molecule has 1 aromatic heterocycles. The number of piperazine rings is 1. The first kappa shape index (κ1) is 29.3. The molecule has 2 atom stereocenters. The lowest BCUT2D eigenvalue weighted by Crippen LogP contribution is -2.47. The number of hydrogen-bond donors (Lipinski definition) is 1. The molecular formula is C35H35Br2N3O2. The number of nitrogens with zero attached hydrogens (tertiary/aromatic N) is 3. The van der Waals surface area contributed by atoms with E-state index in [1.807, 2.05) is 42.5 Å². The number of aromatic nitrogens is 1. The van der Waals surface area contributed by atoms with Gasteiger partial charge in [0.25, 0.3) is 0 Å². The van der Waals surface area contributed by atoms with Gasteiger partial charge in [0, 0.05) is 58.5 Å². The normalized spacial score (nSPS) is 16.9. The van der Waals surface area contributed by atoms with E-state index in [0.717, 1.165) is 80.0 Å². The summed E-state index contributed by atoms with van der Waals surface area (Å²) in [5, 5.41) is 16.6. The lowest BCUT2D eigenvalue weighted by Gasteiger charge is -2.41. The number of methoxy groups -OCH3 is 1. The summed E-state index contributed by atoms with van der Waals surface area (Å²) in [6.07, 6.45) is 0.538. The van der Waals surface area contributed by atoms with Crippen molar-refractivity contribution in [2.45, 2.75) is 17.9 Å². The molecule has 0 saturated carbocycles. The fourth-order valence-corrected chi connectivity index (χ4v) is 7.20. The maximum absolute atomic E-state index is 13.5. The minimum Gasteiger partial charge on any atom is -0.481 e. The maximum atomic E-state index is 13.5. The van der Waals surface area contributed by atoms with E-state index in [1.165, 1.54) is 0 Å². The summed E-state index contributed by atoms with van der Waals surface area (Å²) in [5.74, 6) is 0.0747. The van der Waals surface area contributed by atoms with Crippen molar-refractivity contribution >= 4 is 53.5 Å². The Labute approximate surface area is 264 Å². The molecule has 2 heterocycles. The predicted octanol–water partition coefficient (Wildman–Crippen LogP) is 7.58. The largest absolute Gasteiger partial charge is 0.481 e. The van der Waals surface area contributed by atoms with Crippen LogP contribution in [0.5, 0.6) is 5.88 Å². The minimum absolute atomic E-state index is 0.449. The third-order valence-corrected chi connectivity index (χ3v) is 9.53. The second kappa shape index (κ2) is 12.4. The van der Waals surface area contributed by atoms with Gasteiger partial charge >= 0.3 is 0 Å². The summed E-state index contributed by atoms with van der Waals surface area (Å²) < 4.78 is 7.89. The number of rotatable bonds is 8. The van der Waals surface area contributed by atoms with Crippen LogP contribution >= 0.6 is 31.9 Å². The number of benzene rings is 4. The number of fused-ring (bicyclic) bond motifs is 2. The average molecular weight is 689 g/mol. The van der Waals surface area contributed by atoms with E-state index in [4.69, 9.17) is 9.72 Å². The highest BCUT2D eigenvalue weighted by atomic mass is 79.9. The SMILES string of the molecule is COc1nc2ccc(Br)cc2cc1C(c1ccccc1)C(O)(CCN1CCN(C)CC1)c1cc(Br)cc2ccccc12. The Morgan fingerprint density at radius 3 is 2.33 bits per heavy atom. The van der Waals surface area contributed by atoms with Crippen LogP contribution in [0.4, 0.5) is 0 Å². The molecule has 216 valence electrons. The van der Waals surface area contributed by atoms with Gasteiger partial charge in [-0.3, -0.25) is 0 Å². The summed E-state index contributed by atoms with van der Waals surface area (Å²) in [4.78, 5) is 9.78. The van der Waals surface area contributed by atoms with Crippen molar-refractivity contribution < 1.29 is 9.84 Å². The predicted molar refractivity (Wildman–Crippen MR) is 178 cm³/mol. The lowest BCUT2D eigenvalue weighted by atomic mass is 9.70. The van der Waals surface area contributed by atoms with E-state index in [1.54, 1.807) is 7.11 Å². The van der Waals surface area contributed by atoms with E-state index >= 15 is 0 Å². The van der Waals surface area contributed by atoms with Crippen LogP contribution in [0.3, 0.4) is 0 Å². The molecule has 0 aliphatic carbocycles. The van der Waals surface area contributed by atoms with Crippen molar-refractivity contribution in [1.29, 1.82) is 0 Å². The topological polar surface area (TPSA) is 48.8 Å². The minimum atomic E-state index is -1.29. The van der Waals surface area contributed by atoms with Gasteiger partial charge in [-0.1, -0.05) is 86.5 Å². The summed E-state index contributed by atoms with van der Waals surface area (Å²) >= 11 is 7.41. The number of aliphatic hydroxyl groups is 1. The first-order valence-electron chi connectivity index (χ1n) is 14.4. The molecule has 2 unspecified atom stereocenters. The van der Waals surface area contributed by atoms with Crippen LogP contribution in [0, 0.1) is 0 Å². The van der Waals surface area contributed by atoms with Gasteiger partial charge in [-0.05, 0) is 71.8 Å². The number of ether oxygens (including phenoxy) is 1. The standard InChI is InChI=1S/C35H35Br2N3O2/c1-39-16-18-40(19-17-39)15-14-35(41,31-23-28(37)20-25-10-6-7-11-29(25)31)33(24-8-4-3-5-9-24)30-22-26-21-27(36)12-13-32(26)38-34(30)42-2/h3-13,20-23,33,41H,14-19H2,1-2H3.